The molecule has 0 aromatic rings. The first-order valence-corrected chi connectivity index (χ1v) is 20.6. The molecule has 8 nitrogen and oxygen atoms in total. The zero-order chi connectivity index (χ0) is 36.1. The van der Waals surface area contributed by atoms with Crippen molar-refractivity contribution in [1.82, 2.24) is 0 Å². The second kappa shape index (κ2) is 35.6. The first-order valence-electron chi connectivity index (χ1n) is 19.1. The van der Waals surface area contributed by atoms with Gasteiger partial charge in [-0.25, -0.2) is 4.57 Å². The van der Waals surface area contributed by atoms with E-state index in [2.05, 4.69) is 67.0 Å². The fourth-order valence-electron chi connectivity index (χ4n) is 4.94. The Morgan fingerprint density at radius 2 is 0.959 bits per heavy atom. The average Bonchev–Trinajstić information content (AvgIpc) is 3.07. The maximum absolute atomic E-state index is 12.3. The summed E-state index contributed by atoms with van der Waals surface area (Å²) in [5.74, 6) is -0.984. The second-order valence-electron chi connectivity index (χ2n) is 12.6. The summed E-state index contributed by atoms with van der Waals surface area (Å²) >= 11 is 0. The van der Waals surface area contributed by atoms with Crippen LogP contribution in [-0.4, -0.2) is 41.0 Å². The highest BCUT2D eigenvalue weighted by molar-refractivity contribution is 7.46. The van der Waals surface area contributed by atoms with Gasteiger partial charge in [0.25, 0.3) is 0 Å². The number of hydrogen-bond acceptors (Lipinski definition) is 6. The third kappa shape index (κ3) is 38.4. The van der Waals surface area contributed by atoms with Gasteiger partial charge in [-0.3, -0.25) is 14.1 Å². The summed E-state index contributed by atoms with van der Waals surface area (Å²) in [6, 6.07) is 0. The fourth-order valence-corrected chi connectivity index (χ4v) is 5.30. The average molecular weight is 709 g/mol. The third-order valence-corrected chi connectivity index (χ3v) is 8.29. The molecule has 0 bridgehead atoms. The van der Waals surface area contributed by atoms with Gasteiger partial charge in [0.2, 0.25) is 0 Å². The van der Waals surface area contributed by atoms with Crippen molar-refractivity contribution in [3.63, 3.8) is 0 Å². The molecule has 0 amide bonds. The van der Waals surface area contributed by atoms with Crippen molar-refractivity contribution in [2.45, 2.75) is 168 Å². The summed E-state index contributed by atoms with van der Waals surface area (Å²) in [7, 11) is -4.76. The van der Waals surface area contributed by atoms with Gasteiger partial charge in [0.15, 0.2) is 6.10 Å². The molecule has 0 aromatic carbocycles. The minimum Gasteiger partial charge on any atom is -0.462 e. The molecular weight excluding hydrogens is 639 g/mol. The molecule has 0 radical (unpaired) electrons. The lowest BCUT2D eigenvalue weighted by atomic mass is 10.0. The number of allylic oxidation sites excluding steroid dienone is 10. The second-order valence-corrected chi connectivity index (χ2v) is 13.8. The van der Waals surface area contributed by atoms with Crippen LogP contribution in [0.25, 0.3) is 0 Å². The van der Waals surface area contributed by atoms with Gasteiger partial charge in [-0.1, -0.05) is 158 Å². The smallest absolute Gasteiger partial charge is 0.462 e. The summed E-state index contributed by atoms with van der Waals surface area (Å²) in [5.41, 5.74) is 0. The lowest BCUT2D eigenvalue weighted by Gasteiger charge is -2.18. The predicted molar refractivity (Wildman–Crippen MR) is 202 cm³/mol. The Morgan fingerprint density at radius 1 is 0.531 bits per heavy atom. The lowest BCUT2D eigenvalue weighted by Crippen LogP contribution is -2.29. The summed E-state index contributed by atoms with van der Waals surface area (Å²) in [6.07, 6.45) is 43.8. The summed E-state index contributed by atoms with van der Waals surface area (Å²) < 4.78 is 26.2. The van der Waals surface area contributed by atoms with Crippen LogP contribution in [0.15, 0.2) is 60.8 Å². The minimum absolute atomic E-state index is 0.143. The standard InChI is InChI=1S/C40H69O8P/c1-3-5-7-9-11-13-15-17-18-19-20-21-22-23-25-26-28-30-32-34-39(41)46-36-38(37-47-49(43,44)45)48-40(42)35-33-31-29-27-24-16-14-12-10-8-6-4-2/h11,13,17-18,20-21,23,25,28,30,38H,3-10,12,14-16,19,22,24,26-27,29,31-37H2,1-2H3,(H2,43,44,45)/b13-11-,18-17-,21-20-,25-23-,30-28-/t38-/m1/s1. The Hall–Kier alpha value is -2.25. The number of phosphoric acid groups is 1. The van der Waals surface area contributed by atoms with Gasteiger partial charge in [-0.05, 0) is 51.4 Å². The van der Waals surface area contributed by atoms with Crippen molar-refractivity contribution in [3.8, 4) is 0 Å². The molecular formula is C40H69O8P. The molecule has 0 aliphatic rings. The Kier molecular flexibility index (Phi) is 33.9. The number of carbonyl (C=O) groups excluding carboxylic acids is 2. The fraction of sp³-hybridized carbons (Fsp3) is 0.700. The quantitative estimate of drug-likeness (QED) is 0.0293. The molecule has 0 heterocycles. The highest BCUT2D eigenvalue weighted by atomic mass is 31.2. The number of hydrogen-bond donors (Lipinski definition) is 2. The lowest BCUT2D eigenvalue weighted by molar-refractivity contribution is -0.161. The van der Waals surface area contributed by atoms with Crippen molar-refractivity contribution >= 4 is 19.8 Å². The van der Waals surface area contributed by atoms with E-state index in [-0.39, 0.29) is 19.4 Å². The van der Waals surface area contributed by atoms with E-state index in [1.807, 2.05) is 12.2 Å². The van der Waals surface area contributed by atoms with Gasteiger partial charge in [0, 0.05) is 12.8 Å². The maximum atomic E-state index is 12.3. The van der Waals surface area contributed by atoms with Crippen LogP contribution in [0, 0.1) is 0 Å². The monoisotopic (exact) mass is 708 g/mol. The minimum atomic E-state index is -4.76. The van der Waals surface area contributed by atoms with Gasteiger partial charge < -0.3 is 19.3 Å². The van der Waals surface area contributed by atoms with E-state index >= 15 is 0 Å². The Bertz CT molecular complexity index is 979. The van der Waals surface area contributed by atoms with Crippen LogP contribution in [0.1, 0.15) is 162 Å². The summed E-state index contributed by atoms with van der Waals surface area (Å²) in [4.78, 5) is 42.6. The largest absolute Gasteiger partial charge is 0.469 e. The molecule has 0 saturated heterocycles. The van der Waals surface area contributed by atoms with E-state index in [1.54, 1.807) is 0 Å². The van der Waals surface area contributed by atoms with Gasteiger partial charge in [0.1, 0.15) is 6.61 Å². The van der Waals surface area contributed by atoms with Crippen molar-refractivity contribution < 1.29 is 37.9 Å². The molecule has 0 aliphatic heterocycles. The van der Waals surface area contributed by atoms with Crippen LogP contribution in [0.5, 0.6) is 0 Å². The molecule has 282 valence electrons. The third-order valence-electron chi connectivity index (χ3n) is 7.80. The zero-order valence-corrected chi connectivity index (χ0v) is 31.7. The van der Waals surface area contributed by atoms with Gasteiger partial charge >= 0.3 is 19.8 Å². The molecule has 49 heavy (non-hydrogen) atoms. The van der Waals surface area contributed by atoms with Crippen LogP contribution in [-0.2, 0) is 28.2 Å². The number of ether oxygens (including phenoxy) is 2. The topological polar surface area (TPSA) is 119 Å². The predicted octanol–water partition coefficient (Wildman–Crippen LogP) is 11.3. The van der Waals surface area contributed by atoms with E-state index < -0.39 is 32.5 Å². The Morgan fingerprint density at radius 3 is 1.45 bits per heavy atom. The molecule has 2 N–H and O–H groups in total. The number of unbranched alkanes of at least 4 members (excludes halogenated alkanes) is 14. The van der Waals surface area contributed by atoms with Crippen LogP contribution in [0.4, 0.5) is 0 Å². The number of carbonyl (C=O) groups is 2. The normalized spacial score (nSPS) is 13.1. The first kappa shape index (κ1) is 46.8. The van der Waals surface area contributed by atoms with Crippen LogP contribution in [0.3, 0.4) is 0 Å². The molecule has 0 unspecified atom stereocenters. The molecule has 0 rings (SSSR count). The number of rotatable bonds is 34. The van der Waals surface area contributed by atoms with E-state index in [0.717, 1.165) is 44.9 Å². The highest BCUT2D eigenvalue weighted by Gasteiger charge is 2.22. The molecule has 0 fully saturated rings. The molecule has 9 heteroatoms. The molecule has 0 saturated carbocycles. The van der Waals surface area contributed by atoms with Crippen LogP contribution < -0.4 is 0 Å². The zero-order valence-electron chi connectivity index (χ0n) is 30.8. The Balaban J connectivity index is 4.10. The van der Waals surface area contributed by atoms with Gasteiger partial charge in [-0.15, -0.1) is 0 Å². The first-order chi connectivity index (χ1) is 23.8. The SMILES string of the molecule is CCCCC/C=C\C/C=C\C/C=C\C/C=C\C/C=C\CCC(=O)OC[C@H](COP(=O)(O)O)OC(=O)CCCCCCCCCCCCCC. The van der Waals surface area contributed by atoms with E-state index in [4.69, 9.17) is 19.3 Å². The van der Waals surface area contributed by atoms with Crippen molar-refractivity contribution in [3.05, 3.63) is 60.8 Å². The van der Waals surface area contributed by atoms with Crippen LogP contribution in [0.2, 0.25) is 0 Å². The van der Waals surface area contributed by atoms with Crippen molar-refractivity contribution in [2.75, 3.05) is 13.2 Å². The molecule has 0 spiro atoms. The maximum Gasteiger partial charge on any atom is 0.469 e. The van der Waals surface area contributed by atoms with Crippen molar-refractivity contribution in [1.29, 1.82) is 0 Å². The molecule has 1 atom stereocenters. The molecule has 0 aliphatic carbocycles. The summed E-state index contributed by atoms with van der Waals surface area (Å²) in [6.45, 7) is 3.57. The van der Waals surface area contributed by atoms with Crippen LogP contribution >= 0.6 is 7.82 Å². The Labute approximate surface area is 298 Å². The number of esters is 2. The van der Waals surface area contributed by atoms with E-state index in [1.165, 1.54) is 77.0 Å². The van der Waals surface area contributed by atoms with E-state index in [9.17, 15) is 14.2 Å². The number of phosphoric ester groups is 1. The van der Waals surface area contributed by atoms with Gasteiger partial charge in [-0.2, -0.15) is 0 Å². The van der Waals surface area contributed by atoms with Gasteiger partial charge in [0.05, 0.1) is 6.61 Å². The molecule has 0 aromatic heterocycles. The van der Waals surface area contributed by atoms with E-state index in [0.29, 0.717) is 12.8 Å². The highest BCUT2D eigenvalue weighted by Crippen LogP contribution is 2.36. The van der Waals surface area contributed by atoms with Crippen molar-refractivity contribution in [2.24, 2.45) is 0 Å². The summed E-state index contributed by atoms with van der Waals surface area (Å²) in [5, 5.41) is 0.